The van der Waals surface area contributed by atoms with E-state index in [0.717, 1.165) is 5.69 Å². The molecule has 1 atom stereocenters. The molecule has 94 valence electrons. The van der Waals surface area contributed by atoms with Gasteiger partial charge in [0, 0.05) is 18.3 Å². The number of nitrogens with one attached hydrogen (secondary N) is 1. The summed E-state index contributed by atoms with van der Waals surface area (Å²) in [5.74, 6) is 0.227. The van der Waals surface area contributed by atoms with Crippen LogP contribution < -0.4 is 15.8 Å². The van der Waals surface area contributed by atoms with Gasteiger partial charge >= 0.3 is 5.97 Å². The van der Waals surface area contributed by atoms with Gasteiger partial charge in [0.1, 0.15) is 5.75 Å². The third-order valence-corrected chi connectivity index (χ3v) is 2.21. The lowest BCUT2D eigenvalue weighted by Crippen LogP contribution is -2.25. The third-order valence-electron chi connectivity index (χ3n) is 2.21. The van der Waals surface area contributed by atoms with Crippen molar-refractivity contribution in [3.8, 4) is 5.75 Å². The monoisotopic (exact) mass is 238 g/mol. The van der Waals surface area contributed by atoms with Gasteiger partial charge in [0.15, 0.2) is 6.61 Å². The average Bonchev–Trinajstić information content (AvgIpc) is 2.37. The van der Waals surface area contributed by atoms with Gasteiger partial charge in [-0.1, -0.05) is 0 Å². The normalized spacial score (nSPS) is 11.7. The van der Waals surface area contributed by atoms with Crippen molar-refractivity contribution in [2.24, 2.45) is 5.73 Å². The fourth-order valence-electron chi connectivity index (χ4n) is 1.19. The zero-order valence-corrected chi connectivity index (χ0v) is 10.1. The predicted molar refractivity (Wildman–Crippen MR) is 66.1 cm³/mol. The molecule has 0 spiro atoms. The van der Waals surface area contributed by atoms with Crippen molar-refractivity contribution >= 4 is 11.7 Å². The first-order chi connectivity index (χ1) is 8.15. The van der Waals surface area contributed by atoms with Gasteiger partial charge in [0.05, 0.1) is 7.11 Å². The molecule has 0 aliphatic rings. The van der Waals surface area contributed by atoms with E-state index in [1.165, 1.54) is 7.11 Å². The largest absolute Gasteiger partial charge is 0.482 e. The van der Waals surface area contributed by atoms with E-state index in [4.69, 9.17) is 10.5 Å². The summed E-state index contributed by atoms with van der Waals surface area (Å²) in [6.07, 6.45) is 0. The number of hydrogen-bond acceptors (Lipinski definition) is 5. The summed E-state index contributed by atoms with van der Waals surface area (Å²) in [6.45, 7) is 2.49. The molecule has 0 heterocycles. The third kappa shape index (κ3) is 4.74. The smallest absolute Gasteiger partial charge is 0.343 e. The van der Waals surface area contributed by atoms with Gasteiger partial charge in [-0.05, 0) is 31.2 Å². The maximum Gasteiger partial charge on any atom is 0.343 e. The number of methoxy groups -OCH3 is 1. The van der Waals surface area contributed by atoms with Crippen molar-refractivity contribution < 1.29 is 14.3 Å². The lowest BCUT2D eigenvalue weighted by molar-refractivity contribution is -0.142. The Morgan fingerprint density at radius 3 is 2.59 bits per heavy atom. The number of anilines is 1. The van der Waals surface area contributed by atoms with Gasteiger partial charge in [-0.3, -0.25) is 0 Å². The number of ether oxygens (including phenoxy) is 2. The van der Waals surface area contributed by atoms with Crippen molar-refractivity contribution in [3.05, 3.63) is 24.3 Å². The van der Waals surface area contributed by atoms with Crippen LogP contribution >= 0.6 is 0 Å². The molecule has 0 saturated carbocycles. The number of hydrogen-bond donors (Lipinski definition) is 2. The molecule has 17 heavy (non-hydrogen) atoms. The molecule has 1 unspecified atom stereocenters. The molecule has 0 aliphatic carbocycles. The van der Waals surface area contributed by atoms with Crippen LogP contribution in [-0.4, -0.2) is 32.3 Å². The Morgan fingerprint density at radius 2 is 2.06 bits per heavy atom. The molecule has 0 radical (unpaired) electrons. The molecule has 0 bridgehead atoms. The first-order valence-corrected chi connectivity index (χ1v) is 5.42. The molecule has 5 heteroatoms. The molecule has 1 aromatic carbocycles. The number of esters is 1. The topological polar surface area (TPSA) is 73.6 Å². The molecule has 3 N–H and O–H groups in total. The van der Waals surface area contributed by atoms with E-state index in [1.807, 2.05) is 19.1 Å². The predicted octanol–water partition coefficient (Wildman–Crippen LogP) is 0.997. The highest BCUT2D eigenvalue weighted by molar-refractivity contribution is 5.70. The highest BCUT2D eigenvalue weighted by Gasteiger charge is 2.02. The molecule has 0 fully saturated rings. The van der Waals surface area contributed by atoms with Crippen LogP contribution in [0.3, 0.4) is 0 Å². The fraction of sp³-hybridized carbons (Fsp3) is 0.417. The second kappa shape index (κ2) is 6.75. The van der Waals surface area contributed by atoms with Crippen molar-refractivity contribution in [2.75, 3.05) is 25.6 Å². The maximum absolute atomic E-state index is 10.9. The minimum atomic E-state index is -0.399. The van der Waals surface area contributed by atoms with Crippen LogP contribution in [0.15, 0.2) is 24.3 Å². The second-order valence-corrected chi connectivity index (χ2v) is 3.67. The van der Waals surface area contributed by atoms with Gasteiger partial charge < -0.3 is 20.5 Å². The number of nitrogens with two attached hydrogens (primary N) is 1. The summed E-state index contributed by atoms with van der Waals surface area (Å²) in [4.78, 5) is 10.9. The SMILES string of the molecule is COC(=O)COc1ccc(NC(C)CN)cc1. The molecule has 1 rings (SSSR count). The molecule has 0 aliphatic heterocycles. The van der Waals surface area contributed by atoms with Crippen LogP contribution in [-0.2, 0) is 9.53 Å². The summed E-state index contributed by atoms with van der Waals surface area (Å²) in [5, 5.41) is 3.22. The minimum absolute atomic E-state index is 0.0809. The maximum atomic E-state index is 10.9. The Morgan fingerprint density at radius 1 is 1.41 bits per heavy atom. The standard InChI is InChI=1S/C12H18N2O3/c1-9(7-13)14-10-3-5-11(6-4-10)17-8-12(15)16-2/h3-6,9,14H,7-8,13H2,1-2H3. The first kappa shape index (κ1) is 13.3. The minimum Gasteiger partial charge on any atom is -0.482 e. The fourth-order valence-corrected chi connectivity index (χ4v) is 1.19. The van der Waals surface area contributed by atoms with Crippen LogP contribution in [0, 0.1) is 0 Å². The Bertz CT molecular complexity index is 351. The van der Waals surface area contributed by atoms with Crippen molar-refractivity contribution in [1.82, 2.24) is 0 Å². The van der Waals surface area contributed by atoms with E-state index in [0.29, 0.717) is 12.3 Å². The van der Waals surface area contributed by atoms with E-state index in [-0.39, 0.29) is 12.6 Å². The highest BCUT2D eigenvalue weighted by Crippen LogP contribution is 2.16. The lowest BCUT2D eigenvalue weighted by Gasteiger charge is -2.13. The molecule has 0 amide bonds. The zero-order chi connectivity index (χ0) is 12.7. The first-order valence-electron chi connectivity index (χ1n) is 5.42. The number of benzene rings is 1. The summed E-state index contributed by atoms with van der Waals surface area (Å²) in [5.41, 5.74) is 6.47. The summed E-state index contributed by atoms with van der Waals surface area (Å²) >= 11 is 0. The molecular formula is C12H18N2O3. The van der Waals surface area contributed by atoms with E-state index in [9.17, 15) is 4.79 Å². The van der Waals surface area contributed by atoms with Crippen LogP contribution in [0.25, 0.3) is 0 Å². The van der Waals surface area contributed by atoms with E-state index in [1.54, 1.807) is 12.1 Å². The second-order valence-electron chi connectivity index (χ2n) is 3.67. The van der Waals surface area contributed by atoms with Gasteiger partial charge in [0.25, 0.3) is 0 Å². The van der Waals surface area contributed by atoms with E-state index >= 15 is 0 Å². The van der Waals surface area contributed by atoms with E-state index in [2.05, 4.69) is 10.1 Å². The molecule has 0 aromatic heterocycles. The number of carbonyl (C=O) groups is 1. The van der Waals surface area contributed by atoms with Crippen molar-refractivity contribution in [2.45, 2.75) is 13.0 Å². The molecule has 0 saturated heterocycles. The Labute approximate surface area is 101 Å². The molecular weight excluding hydrogens is 220 g/mol. The van der Waals surface area contributed by atoms with Crippen LogP contribution in [0.1, 0.15) is 6.92 Å². The van der Waals surface area contributed by atoms with Crippen LogP contribution in [0.5, 0.6) is 5.75 Å². The number of rotatable bonds is 6. The average molecular weight is 238 g/mol. The lowest BCUT2D eigenvalue weighted by atomic mass is 10.2. The van der Waals surface area contributed by atoms with Crippen molar-refractivity contribution in [1.29, 1.82) is 0 Å². The van der Waals surface area contributed by atoms with Gasteiger partial charge in [-0.15, -0.1) is 0 Å². The summed E-state index contributed by atoms with van der Waals surface area (Å²) < 4.78 is 9.69. The van der Waals surface area contributed by atoms with Crippen molar-refractivity contribution in [3.63, 3.8) is 0 Å². The van der Waals surface area contributed by atoms with Gasteiger partial charge in [-0.25, -0.2) is 4.79 Å². The quantitative estimate of drug-likeness (QED) is 0.723. The number of carbonyl (C=O) groups excluding carboxylic acids is 1. The van der Waals surface area contributed by atoms with Crippen LogP contribution in [0.2, 0.25) is 0 Å². The summed E-state index contributed by atoms with van der Waals surface area (Å²) in [7, 11) is 1.33. The van der Waals surface area contributed by atoms with Crippen LogP contribution in [0.4, 0.5) is 5.69 Å². The van der Waals surface area contributed by atoms with Gasteiger partial charge in [-0.2, -0.15) is 0 Å². The van der Waals surface area contributed by atoms with Gasteiger partial charge in [0.2, 0.25) is 0 Å². The Hall–Kier alpha value is -1.75. The highest BCUT2D eigenvalue weighted by atomic mass is 16.6. The molecule has 5 nitrogen and oxygen atoms in total. The Kier molecular flexibility index (Phi) is 5.29. The zero-order valence-electron chi connectivity index (χ0n) is 10.1. The molecule has 1 aromatic rings. The Balaban J connectivity index is 2.47. The summed E-state index contributed by atoms with van der Waals surface area (Å²) in [6, 6.07) is 7.54. The van der Waals surface area contributed by atoms with E-state index < -0.39 is 5.97 Å².